The van der Waals surface area contributed by atoms with Crippen LogP contribution >= 0.6 is 23.1 Å². The Bertz CT molecular complexity index is 514. The number of nitrogens with zero attached hydrogens (tertiary/aromatic N) is 1. The standard InChI is InChI=1S/C14H26N2O2S3/c1-5-7-15-9-13-8-14(11-20-13)21(17,18)16(3)12(6-2)10-19-4/h8,11-12,15H,5-7,9-10H2,1-4H3. The van der Waals surface area contributed by atoms with Crippen molar-refractivity contribution >= 4 is 33.1 Å². The van der Waals surface area contributed by atoms with Crippen LogP contribution in [0, 0.1) is 0 Å². The average Bonchev–Trinajstić information content (AvgIpc) is 2.94. The van der Waals surface area contributed by atoms with Gasteiger partial charge in [0.15, 0.2) is 0 Å². The minimum atomic E-state index is -3.38. The first-order chi connectivity index (χ1) is 9.97. The second-order valence-electron chi connectivity index (χ2n) is 4.96. The van der Waals surface area contributed by atoms with Gasteiger partial charge in [-0.3, -0.25) is 0 Å². The summed E-state index contributed by atoms with van der Waals surface area (Å²) >= 11 is 3.18. The summed E-state index contributed by atoms with van der Waals surface area (Å²) in [5.74, 6) is 0.821. The molecule has 0 bridgehead atoms. The Hall–Kier alpha value is -0.0800. The average molecular weight is 351 g/mol. The van der Waals surface area contributed by atoms with E-state index in [0.29, 0.717) is 4.90 Å². The lowest BCUT2D eigenvalue weighted by atomic mass is 10.3. The molecule has 7 heteroatoms. The molecule has 1 heterocycles. The molecule has 4 nitrogen and oxygen atoms in total. The van der Waals surface area contributed by atoms with Crippen LogP contribution in [0.1, 0.15) is 31.6 Å². The van der Waals surface area contributed by atoms with Gasteiger partial charge in [0, 0.05) is 35.6 Å². The largest absolute Gasteiger partial charge is 0.312 e. The van der Waals surface area contributed by atoms with Gasteiger partial charge in [0.2, 0.25) is 10.0 Å². The van der Waals surface area contributed by atoms with Gasteiger partial charge in [0.1, 0.15) is 0 Å². The molecular weight excluding hydrogens is 324 g/mol. The van der Waals surface area contributed by atoms with E-state index in [9.17, 15) is 8.42 Å². The summed E-state index contributed by atoms with van der Waals surface area (Å²) < 4.78 is 26.8. The molecule has 0 spiro atoms. The summed E-state index contributed by atoms with van der Waals surface area (Å²) in [6.07, 6.45) is 3.91. The Morgan fingerprint density at radius 1 is 1.43 bits per heavy atom. The second kappa shape index (κ2) is 9.15. The highest BCUT2D eigenvalue weighted by atomic mass is 32.2. The monoisotopic (exact) mass is 350 g/mol. The van der Waals surface area contributed by atoms with Crippen molar-refractivity contribution in [3.63, 3.8) is 0 Å². The minimum Gasteiger partial charge on any atom is -0.312 e. The Morgan fingerprint density at radius 3 is 2.71 bits per heavy atom. The molecule has 0 saturated carbocycles. The molecule has 0 radical (unpaired) electrons. The predicted molar refractivity (Wildman–Crippen MR) is 93.7 cm³/mol. The van der Waals surface area contributed by atoms with Crippen molar-refractivity contribution < 1.29 is 8.42 Å². The summed E-state index contributed by atoms with van der Waals surface area (Å²) in [5.41, 5.74) is 0. The van der Waals surface area contributed by atoms with E-state index in [1.54, 1.807) is 30.3 Å². The van der Waals surface area contributed by atoms with Crippen LogP contribution in [-0.4, -0.2) is 44.4 Å². The van der Waals surface area contributed by atoms with E-state index in [1.807, 2.05) is 13.2 Å². The smallest absolute Gasteiger partial charge is 0.243 e. The van der Waals surface area contributed by atoms with Gasteiger partial charge in [0.05, 0.1) is 4.90 Å². The van der Waals surface area contributed by atoms with Crippen molar-refractivity contribution in [2.45, 2.75) is 44.2 Å². The van der Waals surface area contributed by atoms with Crippen molar-refractivity contribution in [1.82, 2.24) is 9.62 Å². The zero-order chi connectivity index (χ0) is 15.9. The van der Waals surface area contributed by atoms with Gasteiger partial charge >= 0.3 is 0 Å². The third kappa shape index (κ3) is 5.25. The summed E-state index contributed by atoms with van der Waals surface area (Å²) in [7, 11) is -1.69. The molecule has 1 rings (SSSR count). The highest BCUT2D eigenvalue weighted by Crippen LogP contribution is 2.24. The van der Waals surface area contributed by atoms with Gasteiger partial charge in [-0.25, -0.2) is 8.42 Å². The van der Waals surface area contributed by atoms with E-state index in [1.165, 1.54) is 15.6 Å². The van der Waals surface area contributed by atoms with Gasteiger partial charge in [-0.2, -0.15) is 16.1 Å². The zero-order valence-corrected chi connectivity index (χ0v) is 15.7. The summed E-state index contributed by atoms with van der Waals surface area (Å²) in [6, 6.07) is 1.84. The number of nitrogens with one attached hydrogen (secondary N) is 1. The fraction of sp³-hybridized carbons (Fsp3) is 0.714. The zero-order valence-electron chi connectivity index (χ0n) is 13.3. The second-order valence-corrected chi connectivity index (χ2v) is 8.87. The van der Waals surface area contributed by atoms with Crippen molar-refractivity contribution in [2.24, 2.45) is 0 Å². The van der Waals surface area contributed by atoms with E-state index in [2.05, 4.69) is 12.2 Å². The molecule has 1 aromatic rings. The van der Waals surface area contributed by atoms with Crippen molar-refractivity contribution in [2.75, 3.05) is 25.6 Å². The van der Waals surface area contributed by atoms with Gasteiger partial charge in [-0.15, -0.1) is 11.3 Å². The van der Waals surface area contributed by atoms with Gasteiger partial charge < -0.3 is 5.32 Å². The topological polar surface area (TPSA) is 49.4 Å². The maximum atomic E-state index is 12.7. The van der Waals surface area contributed by atoms with Crippen LogP contribution in [-0.2, 0) is 16.6 Å². The van der Waals surface area contributed by atoms with Crippen LogP contribution in [0.4, 0.5) is 0 Å². The molecule has 0 aromatic carbocycles. The molecule has 0 aliphatic rings. The lowest BCUT2D eigenvalue weighted by Gasteiger charge is -2.25. The Morgan fingerprint density at radius 2 is 2.14 bits per heavy atom. The molecule has 1 aromatic heterocycles. The van der Waals surface area contributed by atoms with Crippen LogP contribution in [0.2, 0.25) is 0 Å². The molecular formula is C14H26N2O2S3. The van der Waals surface area contributed by atoms with Crippen LogP contribution in [0.25, 0.3) is 0 Å². The van der Waals surface area contributed by atoms with E-state index in [-0.39, 0.29) is 6.04 Å². The molecule has 0 fully saturated rings. The van der Waals surface area contributed by atoms with Gasteiger partial charge in [0.25, 0.3) is 0 Å². The summed E-state index contributed by atoms with van der Waals surface area (Å²) in [6.45, 7) is 5.83. The Balaban J connectivity index is 2.82. The molecule has 21 heavy (non-hydrogen) atoms. The van der Waals surface area contributed by atoms with Crippen LogP contribution in [0.5, 0.6) is 0 Å². The lowest BCUT2D eigenvalue weighted by Crippen LogP contribution is -2.38. The first-order valence-corrected chi connectivity index (χ1v) is 10.9. The van der Waals surface area contributed by atoms with E-state index in [4.69, 9.17) is 0 Å². The van der Waals surface area contributed by atoms with Crippen LogP contribution in [0.15, 0.2) is 16.3 Å². The maximum Gasteiger partial charge on any atom is 0.243 e. The predicted octanol–water partition coefficient (Wildman–Crippen LogP) is 3.01. The molecule has 122 valence electrons. The number of rotatable bonds is 10. The molecule has 1 atom stereocenters. The SMILES string of the molecule is CCCNCc1cc(S(=O)(=O)N(C)C(CC)CSC)cs1. The normalized spacial score (nSPS) is 13.8. The van der Waals surface area contributed by atoms with Gasteiger partial charge in [-0.1, -0.05) is 13.8 Å². The lowest BCUT2D eigenvalue weighted by molar-refractivity contribution is 0.385. The van der Waals surface area contributed by atoms with Crippen LogP contribution in [0.3, 0.4) is 0 Å². The molecule has 0 saturated heterocycles. The maximum absolute atomic E-state index is 12.7. The summed E-state index contributed by atoms with van der Waals surface area (Å²) in [4.78, 5) is 1.48. The highest BCUT2D eigenvalue weighted by molar-refractivity contribution is 7.98. The van der Waals surface area contributed by atoms with Gasteiger partial charge in [-0.05, 0) is 31.7 Å². The quantitative estimate of drug-likeness (QED) is 0.659. The fourth-order valence-electron chi connectivity index (χ4n) is 2.01. The number of thioether (sulfide) groups is 1. The molecule has 0 aliphatic heterocycles. The first kappa shape index (κ1) is 19.0. The third-order valence-corrected chi connectivity index (χ3v) is 7.07. The van der Waals surface area contributed by atoms with E-state index >= 15 is 0 Å². The Kier molecular flexibility index (Phi) is 8.26. The number of hydrogen-bond donors (Lipinski definition) is 1. The molecule has 0 amide bonds. The summed E-state index contributed by atoms with van der Waals surface area (Å²) in [5, 5.41) is 5.05. The van der Waals surface area contributed by atoms with Crippen molar-refractivity contribution in [3.05, 3.63) is 16.3 Å². The van der Waals surface area contributed by atoms with Crippen LogP contribution < -0.4 is 5.32 Å². The minimum absolute atomic E-state index is 0.0477. The first-order valence-electron chi connectivity index (χ1n) is 7.22. The van der Waals surface area contributed by atoms with Crippen molar-refractivity contribution in [1.29, 1.82) is 0 Å². The number of thiophene rings is 1. The number of sulfonamides is 1. The van der Waals surface area contributed by atoms with E-state index < -0.39 is 10.0 Å². The van der Waals surface area contributed by atoms with Crippen molar-refractivity contribution in [3.8, 4) is 0 Å². The fourth-order valence-corrected chi connectivity index (χ4v) is 5.61. The highest BCUT2D eigenvalue weighted by Gasteiger charge is 2.27. The van der Waals surface area contributed by atoms with E-state index in [0.717, 1.165) is 36.6 Å². The molecule has 1 N–H and O–H groups in total. The molecule has 0 aliphatic carbocycles. The molecule has 1 unspecified atom stereocenters. The number of hydrogen-bond acceptors (Lipinski definition) is 5. The third-order valence-electron chi connectivity index (χ3n) is 3.38. The Labute approximate surface area is 137 Å².